The van der Waals surface area contributed by atoms with Crippen LogP contribution in [-0.4, -0.2) is 0 Å². The summed E-state index contributed by atoms with van der Waals surface area (Å²) < 4.78 is 2.64. The summed E-state index contributed by atoms with van der Waals surface area (Å²) in [4.78, 5) is 2.43. The van der Waals surface area contributed by atoms with Gasteiger partial charge in [0.1, 0.15) is 0 Å². The summed E-state index contributed by atoms with van der Waals surface area (Å²) in [6, 6.07) is 86.2. The van der Waals surface area contributed by atoms with Gasteiger partial charge in [0, 0.05) is 37.1 Å². The molecule has 10 aromatic carbocycles. The lowest BCUT2D eigenvalue weighted by Crippen LogP contribution is -2.11. The van der Waals surface area contributed by atoms with Gasteiger partial charge in [0.15, 0.2) is 0 Å². The van der Waals surface area contributed by atoms with Crippen molar-refractivity contribution >= 4 is 59.3 Å². The summed E-state index contributed by atoms with van der Waals surface area (Å²) in [5, 5.41) is 5.12. The van der Waals surface area contributed by atoms with Gasteiger partial charge < -0.3 is 4.90 Å². The van der Waals surface area contributed by atoms with Gasteiger partial charge in [-0.25, -0.2) is 0 Å². The van der Waals surface area contributed by atoms with Gasteiger partial charge in [0.25, 0.3) is 0 Å². The van der Waals surface area contributed by atoms with Gasteiger partial charge in [0.2, 0.25) is 0 Å². The third-order valence-corrected chi connectivity index (χ3v) is 12.8. The van der Waals surface area contributed by atoms with Crippen LogP contribution in [0.25, 0.3) is 86.6 Å². The quantitative estimate of drug-likeness (QED) is 0.148. The average Bonchev–Trinajstić information content (AvgIpc) is 3.70. The highest BCUT2D eigenvalue weighted by atomic mass is 32.1. The molecular weight excluding hydrogens is 743 g/mol. The molecule has 1 heterocycles. The molecule has 282 valence electrons. The van der Waals surface area contributed by atoms with Crippen molar-refractivity contribution in [2.75, 3.05) is 4.90 Å². The van der Waals surface area contributed by atoms with Crippen LogP contribution >= 0.6 is 11.3 Å². The first-order valence-electron chi connectivity index (χ1n) is 20.5. The Labute approximate surface area is 354 Å². The van der Waals surface area contributed by atoms with Crippen LogP contribution in [0, 0.1) is 0 Å². The normalized spacial score (nSPS) is 11.3. The molecule has 0 saturated carbocycles. The molecule has 60 heavy (non-hydrogen) atoms. The molecular formula is C58H39NS. The van der Waals surface area contributed by atoms with E-state index in [0.29, 0.717) is 0 Å². The van der Waals surface area contributed by atoms with E-state index in [1.807, 2.05) is 11.3 Å². The fourth-order valence-electron chi connectivity index (χ4n) is 8.77. The Balaban J connectivity index is 1.06. The second-order valence-corrected chi connectivity index (χ2v) is 16.4. The zero-order valence-corrected chi connectivity index (χ0v) is 33.7. The van der Waals surface area contributed by atoms with Crippen LogP contribution in [0.1, 0.15) is 0 Å². The minimum atomic E-state index is 1.09. The first-order valence-corrected chi connectivity index (χ1v) is 21.3. The zero-order valence-electron chi connectivity index (χ0n) is 32.9. The van der Waals surface area contributed by atoms with Crippen molar-refractivity contribution in [2.45, 2.75) is 0 Å². The Morgan fingerprint density at radius 1 is 0.267 bits per heavy atom. The molecule has 0 unspecified atom stereocenters. The number of thiophene rings is 1. The van der Waals surface area contributed by atoms with Crippen molar-refractivity contribution in [1.82, 2.24) is 0 Å². The summed E-state index contributed by atoms with van der Waals surface area (Å²) in [5.74, 6) is 0. The Morgan fingerprint density at radius 3 is 1.63 bits per heavy atom. The van der Waals surface area contributed by atoms with Crippen molar-refractivity contribution < 1.29 is 0 Å². The van der Waals surface area contributed by atoms with Crippen LogP contribution in [0.15, 0.2) is 237 Å². The third kappa shape index (κ3) is 6.54. The molecule has 0 spiro atoms. The molecule has 11 rings (SSSR count). The molecule has 0 aliphatic rings. The summed E-state index contributed by atoms with van der Waals surface area (Å²) in [6.07, 6.45) is 0. The number of nitrogens with zero attached hydrogens (tertiary/aromatic N) is 1. The van der Waals surface area contributed by atoms with Crippen molar-refractivity contribution in [2.24, 2.45) is 0 Å². The zero-order chi connectivity index (χ0) is 39.8. The van der Waals surface area contributed by atoms with Gasteiger partial charge in [-0.05, 0) is 109 Å². The van der Waals surface area contributed by atoms with Gasteiger partial charge in [0.05, 0.1) is 5.69 Å². The van der Waals surface area contributed by atoms with Crippen molar-refractivity contribution in [3.63, 3.8) is 0 Å². The van der Waals surface area contributed by atoms with Crippen LogP contribution < -0.4 is 4.90 Å². The van der Waals surface area contributed by atoms with Gasteiger partial charge in [-0.1, -0.05) is 188 Å². The molecule has 0 saturated heterocycles. The molecule has 0 radical (unpaired) electrons. The summed E-state index contributed by atoms with van der Waals surface area (Å²) in [6.45, 7) is 0. The number of rotatable bonds is 8. The molecule has 0 N–H and O–H groups in total. The fraction of sp³-hybridized carbons (Fsp3) is 0. The van der Waals surface area contributed by atoms with Gasteiger partial charge >= 0.3 is 0 Å². The second-order valence-electron chi connectivity index (χ2n) is 15.3. The highest BCUT2D eigenvalue weighted by Crippen LogP contribution is 2.46. The second kappa shape index (κ2) is 15.3. The standard InChI is InChI=1S/C58H39NS/c1-2-16-42(17-3-1)49-21-6-7-22-50(49)51-23-8-9-24-52(51)53-25-10-12-27-56(53)59(48-20-14-19-44(38-48)45-30-29-40-15-4-5-18-43(40)37-45)47-34-31-41(32-35-47)46-33-36-55-54-26-11-13-28-57(54)60-58(55)39-46/h1-39H. The summed E-state index contributed by atoms with van der Waals surface area (Å²) >= 11 is 1.86. The van der Waals surface area contributed by atoms with Crippen LogP contribution in [0.2, 0.25) is 0 Å². The van der Waals surface area contributed by atoms with Crippen LogP contribution in [-0.2, 0) is 0 Å². The van der Waals surface area contributed by atoms with E-state index in [2.05, 4.69) is 241 Å². The average molecular weight is 782 g/mol. The Hall–Kier alpha value is -7.52. The highest BCUT2D eigenvalue weighted by molar-refractivity contribution is 7.25. The third-order valence-electron chi connectivity index (χ3n) is 11.7. The lowest BCUT2D eigenvalue weighted by atomic mass is 9.88. The minimum Gasteiger partial charge on any atom is -0.310 e. The number of hydrogen-bond acceptors (Lipinski definition) is 2. The van der Waals surface area contributed by atoms with E-state index in [4.69, 9.17) is 0 Å². The van der Waals surface area contributed by atoms with Crippen LogP contribution in [0.4, 0.5) is 17.1 Å². The maximum absolute atomic E-state index is 2.43. The highest BCUT2D eigenvalue weighted by Gasteiger charge is 2.21. The largest absolute Gasteiger partial charge is 0.310 e. The number of para-hydroxylation sites is 1. The van der Waals surface area contributed by atoms with Crippen LogP contribution in [0.3, 0.4) is 0 Å². The molecule has 2 heteroatoms. The van der Waals surface area contributed by atoms with Gasteiger partial charge in [-0.3, -0.25) is 0 Å². The lowest BCUT2D eigenvalue weighted by Gasteiger charge is -2.29. The molecule has 0 aliphatic heterocycles. The Kier molecular flexibility index (Phi) is 9.11. The Bertz CT molecular complexity index is 3320. The minimum absolute atomic E-state index is 1.09. The number of benzene rings is 10. The van der Waals surface area contributed by atoms with E-state index < -0.39 is 0 Å². The molecule has 1 nitrogen and oxygen atoms in total. The van der Waals surface area contributed by atoms with E-state index in [9.17, 15) is 0 Å². The van der Waals surface area contributed by atoms with Crippen LogP contribution in [0.5, 0.6) is 0 Å². The molecule has 1 aromatic heterocycles. The van der Waals surface area contributed by atoms with E-state index >= 15 is 0 Å². The van der Waals surface area contributed by atoms with Crippen molar-refractivity contribution in [3.8, 4) is 55.6 Å². The SMILES string of the molecule is c1ccc(-c2ccccc2-c2ccccc2-c2ccccc2N(c2ccc(-c3ccc4c(c3)sc3ccccc34)cc2)c2cccc(-c3ccc4ccccc4c3)c2)cc1. The number of anilines is 3. The topological polar surface area (TPSA) is 3.24 Å². The lowest BCUT2D eigenvalue weighted by molar-refractivity contribution is 1.28. The predicted octanol–water partition coefficient (Wildman–Crippen LogP) is 17.0. The van der Waals surface area contributed by atoms with Crippen molar-refractivity contribution in [1.29, 1.82) is 0 Å². The maximum atomic E-state index is 2.43. The van der Waals surface area contributed by atoms with Crippen molar-refractivity contribution in [3.05, 3.63) is 237 Å². The molecule has 0 amide bonds. The summed E-state index contributed by atoms with van der Waals surface area (Å²) in [7, 11) is 0. The summed E-state index contributed by atoms with van der Waals surface area (Å²) in [5.41, 5.74) is 15.2. The first-order chi connectivity index (χ1) is 29.7. The Morgan fingerprint density at radius 2 is 0.817 bits per heavy atom. The van der Waals surface area contributed by atoms with E-state index in [1.165, 1.54) is 81.0 Å². The number of hydrogen-bond donors (Lipinski definition) is 0. The smallest absolute Gasteiger partial charge is 0.0540 e. The van der Waals surface area contributed by atoms with Gasteiger partial charge in [-0.15, -0.1) is 11.3 Å². The molecule has 0 atom stereocenters. The maximum Gasteiger partial charge on any atom is 0.0540 e. The molecule has 0 aliphatic carbocycles. The predicted molar refractivity (Wildman–Crippen MR) is 259 cm³/mol. The molecule has 11 aromatic rings. The fourth-order valence-corrected chi connectivity index (χ4v) is 9.91. The van der Waals surface area contributed by atoms with E-state index in [0.717, 1.165) is 22.6 Å². The molecule has 0 fully saturated rings. The first kappa shape index (κ1) is 35.6. The molecule has 0 bridgehead atoms. The monoisotopic (exact) mass is 781 g/mol. The van der Waals surface area contributed by atoms with Gasteiger partial charge in [-0.2, -0.15) is 0 Å². The number of fused-ring (bicyclic) bond motifs is 4. The van der Waals surface area contributed by atoms with E-state index in [-0.39, 0.29) is 0 Å². The van der Waals surface area contributed by atoms with E-state index in [1.54, 1.807) is 0 Å².